The summed E-state index contributed by atoms with van der Waals surface area (Å²) in [5.41, 5.74) is 0. The van der Waals surface area contributed by atoms with E-state index in [0.29, 0.717) is 0 Å². The number of terminal acetylenes is 1. The van der Waals surface area contributed by atoms with Crippen LogP contribution in [0.1, 0.15) is 19.8 Å². The lowest BCUT2D eigenvalue weighted by atomic mass is 10.2. The molecule has 1 atom stereocenters. The van der Waals surface area contributed by atoms with Crippen molar-refractivity contribution in [2.24, 2.45) is 0 Å². The average Bonchev–Trinajstić information content (AvgIpc) is 1.97. The van der Waals surface area contributed by atoms with Crippen LogP contribution >= 0.6 is 0 Å². The van der Waals surface area contributed by atoms with Gasteiger partial charge in [0.05, 0.1) is 6.10 Å². The van der Waals surface area contributed by atoms with E-state index < -0.39 is 0 Å². The predicted octanol–water partition coefficient (Wildman–Crippen LogP) is 0.712. The van der Waals surface area contributed by atoms with Gasteiger partial charge in [-0.3, -0.25) is 0 Å². The molecule has 0 aliphatic rings. The molecule has 0 aromatic heterocycles. The number of hydrogen-bond donors (Lipinski definition) is 1. The summed E-state index contributed by atoms with van der Waals surface area (Å²) in [7, 11) is 2.01. The van der Waals surface area contributed by atoms with E-state index in [1.54, 1.807) is 6.92 Å². The van der Waals surface area contributed by atoms with Crippen LogP contribution in [0.5, 0.6) is 0 Å². The molecule has 0 saturated heterocycles. The van der Waals surface area contributed by atoms with Crippen LogP contribution in [0, 0.1) is 12.3 Å². The summed E-state index contributed by atoms with van der Waals surface area (Å²) in [5, 5.41) is 8.96. The van der Waals surface area contributed by atoms with Gasteiger partial charge in [-0.25, -0.2) is 0 Å². The quantitative estimate of drug-likeness (QED) is 0.591. The van der Waals surface area contributed by atoms with Gasteiger partial charge in [-0.1, -0.05) is 0 Å². The maximum Gasteiger partial charge on any atom is 0.0524 e. The number of aliphatic hydroxyl groups excluding tert-OH is 1. The smallest absolute Gasteiger partial charge is 0.0524 e. The van der Waals surface area contributed by atoms with Crippen molar-refractivity contribution < 1.29 is 5.11 Å². The summed E-state index contributed by atoms with van der Waals surface area (Å²) in [6, 6.07) is 0. The highest BCUT2D eigenvalue weighted by molar-refractivity contribution is 4.84. The van der Waals surface area contributed by atoms with Crippen LogP contribution in [0.3, 0.4) is 0 Å². The molecule has 0 heterocycles. The molecule has 0 aliphatic heterocycles. The minimum Gasteiger partial charge on any atom is -0.393 e. The highest BCUT2D eigenvalue weighted by Gasteiger charge is 1.99. The zero-order valence-corrected chi connectivity index (χ0v) is 7.38. The molecule has 11 heavy (non-hydrogen) atoms. The highest BCUT2D eigenvalue weighted by atomic mass is 16.3. The second kappa shape index (κ2) is 6.21. The Hall–Kier alpha value is -0.520. The van der Waals surface area contributed by atoms with Crippen LogP contribution in [0.4, 0.5) is 0 Å². The van der Waals surface area contributed by atoms with Crippen molar-refractivity contribution in [3.63, 3.8) is 0 Å². The summed E-state index contributed by atoms with van der Waals surface area (Å²) in [5.74, 6) is 2.58. The zero-order valence-electron chi connectivity index (χ0n) is 7.38. The summed E-state index contributed by atoms with van der Waals surface area (Å²) in [6.07, 6.45) is 6.51. The molecular weight excluding hydrogens is 138 g/mol. The Morgan fingerprint density at radius 1 is 1.55 bits per heavy atom. The van der Waals surface area contributed by atoms with Crippen LogP contribution in [0.25, 0.3) is 0 Å². The first-order valence-electron chi connectivity index (χ1n) is 3.97. The van der Waals surface area contributed by atoms with E-state index in [9.17, 15) is 0 Å². The fourth-order valence-corrected chi connectivity index (χ4v) is 0.774. The third-order valence-electron chi connectivity index (χ3n) is 1.57. The van der Waals surface area contributed by atoms with Gasteiger partial charge in [0.1, 0.15) is 0 Å². The Balaban J connectivity index is 3.23. The molecular formula is C9H17NO. The van der Waals surface area contributed by atoms with Gasteiger partial charge in [-0.2, -0.15) is 0 Å². The Kier molecular flexibility index (Phi) is 5.91. The molecule has 0 aromatic carbocycles. The van der Waals surface area contributed by atoms with E-state index in [4.69, 9.17) is 11.5 Å². The molecule has 1 N–H and O–H groups in total. The van der Waals surface area contributed by atoms with Crippen LogP contribution in [0.2, 0.25) is 0 Å². The molecule has 0 fully saturated rings. The molecule has 0 radical (unpaired) electrons. The summed E-state index contributed by atoms with van der Waals surface area (Å²) in [4.78, 5) is 2.13. The first-order chi connectivity index (χ1) is 5.16. The van der Waals surface area contributed by atoms with Gasteiger partial charge in [0, 0.05) is 19.5 Å². The van der Waals surface area contributed by atoms with Gasteiger partial charge in [-0.05, 0) is 20.4 Å². The molecule has 64 valence electrons. The summed E-state index contributed by atoms with van der Waals surface area (Å²) < 4.78 is 0. The van der Waals surface area contributed by atoms with Gasteiger partial charge < -0.3 is 10.0 Å². The summed E-state index contributed by atoms with van der Waals surface area (Å²) >= 11 is 0. The fourth-order valence-electron chi connectivity index (χ4n) is 0.774. The van der Waals surface area contributed by atoms with Gasteiger partial charge in [0.15, 0.2) is 0 Å². The Bertz CT molecular complexity index is 126. The predicted molar refractivity (Wildman–Crippen MR) is 47.2 cm³/mol. The van der Waals surface area contributed by atoms with E-state index in [0.717, 1.165) is 25.9 Å². The monoisotopic (exact) mass is 155 g/mol. The van der Waals surface area contributed by atoms with Gasteiger partial charge in [0.25, 0.3) is 0 Å². The van der Waals surface area contributed by atoms with E-state index in [-0.39, 0.29) is 6.10 Å². The molecule has 0 aliphatic carbocycles. The van der Waals surface area contributed by atoms with E-state index >= 15 is 0 Å². The molecule has 0 amide bonds. The van der Waals surface area contributed by atoms with Crippen molar-refractivity contribution >= 4 is 0 Å². The summed E-state index contributed by atoms with van der Waals surface area (Å²) in [6.45, 7) is 3.64. The number of hydrogen-bond acceptors (Lipinski definition) is 2. The third-order valence-corrected chi connectivity index (χ3v) is 1.57. The van der Waals surface area contributed by atoms with Crippen LogP contribution in [-0.2, 0) is 0 Å². The molecule has 0 bridgehead atoms. The van der Waals surface area contributed by atoms with Crippen molar-refractivity contribution in [1.29, 1.82) is 0 Å². The Morgan fingerprint density at radius 2 is 2.18 bits per heavy atom. The number of nitrogens with zero attached hydrogens (tertiary/aromatic N) is 1. The largest absolute Gasteiger partial charge is 0.393 e. The zero-order chi connectivity index (χ0) is 8.69. The molecule has 2 nitrogen and oxygen atoms in total. The van der Waals surface area contributed by atoms with Crippen molar-refractivity contribution in [2.45, 2.75) is 25.9 Å². The van der Waals surface area contributed by atoms with E-state index in [2.05, 4.69) is 10.8 Å². The SMILES string of the molecule is C#CCCN(C)CCC(C)O. The lowest BCUT2D eigenvalue weighted by Crippen LogP contribution is -2.23. The molecule has 0 saturated carbocycles. The Labute approximate surface area is 69.2 Å². The number of rotatable bonds is 5. The number of aliphatic hydroxyl groups is 1. The Morgan fingerprint density at radius 3 is 2.64 bits per heavy atom. The van der Waals surface area contributed by atoms with Crippen molar-refractivity contribution in [3.05, 3.63) is 0 Å². The molecule has 0 rings (SSSR count). The molecule has 2 heteroatoms. The van der Waals surface area contributed by atoms with Crippen molar-refractivity contribution in [1.82, 2.24) is 4.90 Å². The second-order valence-corrected chi connectivity index (χ2v) is 2.90. The average molecular weight is 155 g/mol. The second-order valence-electron chi connectivity index (χ2n) is 2.90. The van der Waals surface area contributed by atoms with Gasteiger partial charge in [0.2, 0.25) is 0 Å². The molecule has 0 aromatic rings. The van der Waals surface area contributed by atoms with Crippen LogP contribution in [0.15, 0.2) is 0 Å². The minimum absolute atomic E-state index is 0.205. The normalized spacial score (nSPS) is 13.0. The lowest BCUT2D eigenvalue weighted by Gasteiger charge is -2.15. The van der Waals surface area contributed by atoms with E-state index in [1.807, 2.05) is 7.05 Å². The van der Waals surface area contributed by atoms with Crippen LogP contribution < -0.4 is 0 Å². The third kappa shape index (κ3) is 7.38. The van der Waals surface area contributed by atoms with Crippen molar-refractivity contribution in [3.8, 4) is 12.3 Å². The molecule has 0 spiro atoms. The van der Waals surface area contributed by atoms with E-state index in [1.165, 1.54) is 0 Å². The molecule has 1 unspecified atom stereocenters. The first-order valence-corrected chi connectivity index (χ1v) is 3.97. The highest BCUT2D eigenvalue weighted by Crippen LogP contribution is 1.93. The van der Waals surface area contributed by atoms with Crippen molar-refractivity contribution in [2.75, 3.05) is 20.1 Å². The first kappa shape index (κ1) is 10.5. The fraction of sp³-hybridized carbons (Fsp3) is 0.778. The van der Waals surface area contributed by atoms with Gasteiger partial charge >= 0.3 is 0 Å². The maximum absolute atomic E-state index is 8.96. The minimum atomic E-state index is -0.205. The van der Waals surface area contributed by atoms with Gasteiger partial charge in [-0.15, -0.1) is 12.3 Å². The lowest BCUT2D eigenvalue weighted by molar-refractivity contribution is 0.165. The topological polar surface area (TPSA) is 23.5 Å². The maximum atomic E-state index is 8.96. The van der Waals surface area contributed by atoms with Crippen LogP contribution in [-0.4, -0.2) is 36.2 Å². The standard InChI is InChI=1S/C9H17NO/c1-4-5-7-10(3)8-6-9(2)11/h1,9,11H,5-8H2,2-3H3.